The van der Waals surface area contributed by atoms with Crippen molar-refractivity contribution < 1.29 is 14.2 Å². The lowest BCUT2D eigenvalue weighted by molar-refractivity contribution is -0.0721. The van der Waals surface area contributed by atoms with Crippen LogP contribution in [0.25, 0.3) is 0 Å². The number of rotatable bonds is 7. The zero-order valence-corrected chi connectivity index (χ0v) is 21.1. The molecule has 0 saturated carbocycles. The highest BCUT2D eigenvalue weighted by Crippen LogP contribution is 2.19. The van der Waals surface area contributed by atoms with Crippen molar-refractivity contribution in [3.8, 4) is 5.75 Å². The van der Waals surface area contributed by atoms with E-state index in [-0.39, 0.29) is 36.2 Å². The highest BCUT2D eigenvalue weighted by molar-refractivity contribution is 14.0. The molecule has 1 aromatic carbocycles. The molecule has 1 aromatic rings. The third-order valence-corrected chi connectivity index (χ3v) is 5.66. The molecule has 2 heterocycles. The SMILES string of the molecule is CN=C(NCC(C)Oc1cccc(Cl)c1)N1CCC(OCC2CCCCO2)CC1.I. The zero-order valence-electron chi connectivity index (χ0n) is 18.0. The standard InChI is InChI=1S/C22H34ClN3O3.HI/c1-17(29-20-8-5-6-18(23)14-20)15-25-22(24-2)26-11-9-19(10-12-26)28-16-21-7-3-4-13-27-21;/h5-6,8,14,17,19,21H,3-4,7,9-13,15-16H2,1-2H3,(H,24,25);1H. The maximum absolute atomic E-state index is 6.12. The van der Waals surface area contributed by atoms with Crippen LogP contribution < -0.4 is 10.1 Å². The van der Waals surface area contributed by atoms with Gasteiger partial charge >= 0.3 is 0 Å². The van der Waals surface area contributed by atoms with Crippen LogP contribution in [-0.4, -0.2) is 69.1 Å². The molecule has 2 aliphatic heterocycles. The van der Waals surface area contributed by atoms with Crippen molar-refractivity contribution >= 4 is 41.5 Å². The molecule has 1 N–H and O–H groups in total. The van der Waals surface area contributed by atoms with Gasteiger partial charge in [-0.3, -0.25) is 4.99 Å². The maximum atomic E-state index is 6.12. The van der Waals surface area contributed by atoms with Crippen LogP contribution in [0.2, 0.25) is 5.02 Å². The normalized spacial score (nSPS) is 21.6. The molecule has 6 nitrogen and oxygen atoms in total. The van der Waals surface area contributed by atoms with Crippen molar-refractivity contribution in [1.82, 2.24) is 10.2 Å². The average Bonchev–Trinajstić information content (AvgIpc) is 2.74. The van der Waals surface area contributed by atoms with Crippen molar-refractivity contribution in [3.63, 3.8) is 0 Å². The Morgan fingerprint density at radius 2 is 2.10 bits per heavy atom. The number of nitrogens with one attached hydrogen (secondary N) is 1. The van der Waals surface area contributed by atoms with Gasteiger partial charge in [-0.2, -0.15) is 0 Å². The van der Waals surface area contributed by atoms with E-state index in [1.807, 2.05) is 38.2 Å². The summed E-state index contributed by atoms with van der Waals surface area (Å²) in [5, 5.41) is 4.11. The number of piperidine rings is 1. The molecular formula is C22H35ClIN3O3. The molecule has 3 rings (SSSR count). The van der Waals surface area contributed by atoms with Gasteiger partial charge in [-0.25, -0.2) is 0 Å². The van der Waals surface area contributed by atoms with E-state index in [0.29, 0.717) is 17.7 Å². The summed E-state index contributed by atoms with van der Waals surface area (Å²) in [6.45, 7) is 6.21. The summed E-state index contributed by atoms with van der Waals surface area (Å²) < 4.78 is 17.8. The molecule has 2 atom stereocenters. The van der Waals surface area contributed by atoms with Crippen LogP contribution in [0.15, 0.2) is 29.3 Å². The van der Waals surface area contributed by atoms with Gasteiger partial charge in [0.2, 0.25) is 0 Å². The Balaban J connectivity index is 0.00000320. The van der Waals surface area contributed by atoms with E-state index in [1.54, 1.807) is 0 Å². The van der Waals surface area contributed by atoms with Gasteiger partial charge in [0.15, 0.2) is 5.96 Å². The molecule has 0 amide bonds. The van der Waals surface area contributed by atoms with Crippen LogP contribution in [0.5, 0.6) is 5.75 Å². The molecule has 2 aliphatic rings. The molecular weight excluding hydrogens is 517 g/mol. The second kappa shape index (κ2) is 13.6. The van der Waals surface area contributed by atoms with Crippen LogP contribution in [0.1, 0.15) is 39.0 Å². The Hall–Kier alpha value is -0.770. The van der Waals surface area contributed by atoms with E-state index in [4.69, 9.17) is 25.8 Å². The van der Waals surface area contributed by atoms with Gasteiger partial charge in [-0.1, -0.05) is 17.7 Å². The Bertz CT molecular complexity index is 650. The highest BCUT2D eigenvalue weighted by atomic mass is 127. The van der Waals surface area contributed by atoms with Gasteiger partial charge in [0, 0.05) is 31.8 Å². The van der Waals surface area contributed by atoms with Crippen molar-refractivity contribution in [3.05, 3.63) is 29.3 Å². The summed E-state index contributed by atoms with van der Waals surface area (Å²) in [6.07, 6.45) is 6.21. The second-order valence-electron chi connectivity index (χ2n) is 7.82. The Morgan fingerprint density at radius 3 is 2.77 bits per heavy atom. The van der Waals surface area contributed by atoms with Crippen LogP contribution in [0.3, 0.4) is 0 Å². The van der Waals surface area contributed by atoms with Crippen LogP contribution in [-0.2, 0) is 9.47 Å². The van der Waals surface area contributed by atoms with Crippen LogP contribution in [0, 0.1) is 0 Å². The molecule has 0 bridgehead atoms. The van der Waals surface area contributed by atoms with Gasteiger partial charge in [-0.05, 0) is 57.2 Å². The van der Waals surface area contributed by atoms with Crippen molar-refractivity contribution in [2.24, 2.45) is 4.99 Å². The minimum absolute atomic E-state index is 0. The van der Waals surface area contributed by atoms with E-state index in [1.165, 1.54) is 12.8 Å². The quantitative estimate of drug-likeness (QED) is 0.310. The van der Waals surface area contributed by atoms with E-state index >= 15 is 0 Å². The fourth-order valence-electron chi connectivity index (χ4n) is 3.80. The predicted octanol–water partition coefficient (Wildman–Crippen LogP) is 4.35. The molecule has 0 radical (unpaired) electrons. The number of ether oxygens (including phenoxy) is 3. The molecule has 170 valence electrons. The summed E-state index contributed by atoms with van der Waals surface area (Å²) in [5.74, 6) is 1.70. The first kappa shape index (κ1) is 25.5. The average molecular weight is 552 g/mol. The smallest absolute Gasteiger partial charge is 0.193 e. The fraction of sp³-hybridized carbons (Fsp3) is 0.682. The minimum atomic E-state index is 0. The van der Waals surface area contributed by atoms with E-state index in [0.717, 1.165) is 57.3 Å². The molecule has 8 heteroatoms. The molecule has 2 fully saturated rings. The van der Waals surface area contributed by atoms with Gasteiger partial charge in [0.25, 0.3) is 0 Å². The highest BCUT2D eigenvalue weighted by Gasteiger charge is 2.24. The lowest BCUT2D eigenvalue weighted by Gasteiger charge is -2.35. The molecule has 0 spiro atoms. The molecule has 0 aliphatic carbocycles. The van der Waals surface area contributed by atoms with Gasteiger partial charge in [0.05, 0.1) is 25.4 Å². The molecule has 2 unspecified atom stereocenters. The third-order valence-electron chi connectivity index (χ3n) is 5.43. The number of likely N-dealkylation sites (tertiary alicyclic amines) is 1. The van der Waals surface area contributed by atoms with Gasteiger partial charge in [-0.15, -0.1) is 24.0 Å². The first-order valence-electron chi connectivity index (χ1n) is 10.7. The van der Waals surface area contributed by atoms with Gasteiger partial charge in [0.1, 0.15) is 11.9 Å². The Morgan fingerprint density at radius 1 is 1.30 bits per heavy atom. The zero-order chi connectivity index (χ0) is 20.5. The fourth-order valence-corrected chi connectivity index (χ4v) is 3.98. The summed E-state index contributed by atoms with van der Waals surface area (Å²) in [5.41, 5.74) is 0. The largest absolute Gasteiger partial charge is 0.489 e. The van der Waals surface area contributed by atoms with Crippen LogP contribution in [0.4, 0.5) is 0 Å². The van der Waals surface area contributed by atoms with Crippen LogP contribution >= 0.6 is 35.6 Å². The van der Waals surface area contributed by atoms with E-state index in [9.17, 15) is 0 Å². The Labute approximate surface area is 202 Å². The lowest BCUT2D eigenvalue weighted by atomic mass is 10.1. The summed E-state index contributed by atoms with van der Waals surface area (Å²) in [4.78, 5) is 6.74. The Kier molecular flexibility index (Phi) is 11.6. The number of halogens is 2. The summed E-state index contributed by atoms with van der Waals surface area (Å²) in [7, 11) is 1.83. The number of nitrogens with zero attached hydrogens (tertiary/aromatic N) is 2. The second-order valence-corrected chi connectivity index (χ2v) is 8.26. The lowest BCUT2D eigenvalue weighted by Crippen LogP contribution is -2.49. The van der Waals surface area contributed by atoms with Crippen molar-refractivity contribution in [1.29, 1.82) is 0 Å². The minimum Gasteiger partial charge on any atom is -0.489 e. The van der Waals surface area contributed by atoms with Crippen molar-refractivity contribution in [2.75, 3.05) is 39.9 Å². The topological polar surface area (TPSA) is 55.3 Å². The van der Waals surface area contributed by atoms with E-state index < -0.39 is 0 Å². The van der Waals surface area contributed by atoms with E-state index in [2.05, 4.69) is 15.2 Å². The number of hydrogen-bond acceptors (Lipinski definition) is 4. The van der Waals surface area contributed by atoms with Crippen molar-refractivity contribution in [2.45, 2.75) is 57.3 Å². The number of benzene rings is 1. The third kappa shape index (κ3) is 8.40. The predicted molar refractivity (Wildman–Crippen MR) is 132 cm³/mol. The number of aliphatic imine (C=N–C) groups is 1. The summed E-state index contributed by atoms with van der Waals surface area (Å²) >= 11 is 6.02. The maximum Gasteiger partial charge on any atom is 0.193 e. The number of hydrogen-bond donors (Lipinski definition) is 1. The molecule has 2 saturated heterocycles. The molecule has 0 aromatic heterocycles. The summed E-state index contributed by atoms with van der Waals surface area (Å²) in [6, 6.07) is 7.48. The van der Waals surface area contributed by atoms with Gasteiger partial charge < -0.3 is 24.4 Å². The first-order valence-corrected chi connectivity index (χ1v) is 11.1. The number of guanidine groups is 1. The first-order chi connectivity index (χ1) is 14.1. The monoisotopic (exact) mass is 551 g/mol. The molecule has 30 heavy (non-hydrogen) atoms.